The third-order valence-corrected chi connectivity index (χ3v) is 4.04. The molecule has 0 N–H and O–H groups in total. The van der Waals surface area contributed by atoms with E-state index in [-0.39, 0.29) is 6.04 Å². The molecule has 7 heteroatoms. The van der Waals surface area contributed by atoms with E-state index < -0.39 is 0 Å². The second kappa shape index (κ2) is 6.60. The molecular weight excluding hydrogens is 304 g/mol. The van der Waals surface area contributed by atoms with Crippen LogP contribution in [0.1, 0.15) is 37.5 Å². The summed E-state index contributed by atoms with van der Waals surface area (Å²) in [5, 5.41) is 12.9. The lowest BCUT2D eigenvalue weighted by Crippen LogP contribution is -2.24. The van der Waals surface area contributed by atoms with Crippen LogP contribution in [0.2, 0.25) is 0 Å². The Labute approximate surface area is 141 Å². The van der Waals surface area contributed by atoms with E-state index in [2.05, 4.69) is 34.2 Å². The Hall–Kier alpha value is -2.41. The second-order valence-electron chi connectivity index (χ2n) is 6.56. The normalized spacial score (nSPS) is 13.1. The Morgan fingerprint density at radius 2 is 2.00 bits per heavy atom. The van der Waals surface area contributed by atoms with E-state index >= 15 is 0 Å². The van der Waals surface area contributed by atoms with Crippen molar-refractivity contribution in [1.29, 1.82) is 0 Å². The van der Waals surface area contributed by atoms with Crippen LogP contribution in [-0.2, 0) is 6.54 Å². The first-order valence-corrected chi connectivity index (χ1v) is 8.11. The summed E-state index contributed by atoms with van der Waals surface area (Å²) in [5.74, 6) is 1.85. The van der Waals surface area contributed by atoms with Crippen molar-refractivity contribution in [1.82, 2.24) is 29.7 Å². The Bertz CT molecular complexity index is 797. The fourth-order valence-corrected chi connectivity index (χ4v) is 2.59. The molecule has 3 aromatic rings. The molecule has 7 nitrogen and oxygen atoms in total. The first kappa shape index (κ1) is 16.4. The summed E-state index contributed by atoms with van der Waals surface area (Å²) >= 11 is 0. The van der Waals surface area contributed by atoms with Gasteiger partial charge < -0.3 is 4.42 Å². The molecule has 3 aromatic heterocycles. The van der Waals surface area contributed by atoms with Gasteiger partial charge in [0, 0.05) is 17.8 Å². The Morgan fingerprint density at radius 1 is 1.21 bits per heavy atom. The summed E-state index contributed by atoms with van der Waals surface area (Å²) in [7, 11) is 4.07. The van der Waals surface area contributed by atoms with Crippen LogP contribution in [0.4, 0.5) is 0 Å². The van der Waals surface area contributed by atoms with Gasteiger partial charge in [0.15, 0.2) is 0 Å². The first-order valence-electron chi connectivity index (χ1n) is 8.11. The third-order valence-electron chi connectivity index (χ3n) is 4.04. The van der Waals surface area contributed by atoms with E-state index in [1.165, 1.54) is 0 Å². The topological polar surface area (TPSA) is 64.9 Å². The summed E-state index contributed by atoms with van der Waals surface area (Å²) < 4.78 is 9.55. The average Bonchev–Trinajstić information content (AvgIpc) is 3.24. The zero-order chi connectivity index (χ0) is 17.3. The summed E-state index contributed by atoms with van der Waals surface area (Å²) in [6, 6.07) is 4.43. The highest BCUT2D eigenvalue weighted by atomic mass is 16.3. The Morgan fingerprint density at radius 3 is 2.58 bits per heavy atom. The van der Waals surface area contributed by atoms with Crippen LogP contribution in [0.3, 0.4) is 0 Å². The van der Waals surface area contributed by atoms with Crippen LogP contribution >= 0.6 is 0 Å². The lowest BCUT2D eigenvalue weighted by atomic mass is 10.2. The zero-order valence-corrected chi connectivity index (χ0v) is 14.8. The molecule has 0 aromatic carbocycles. The molecule has 128 valence electrons. The highest BCUT2D eigenvalue weighted by Crippen LogP contribution is 2.23. The molecule has 0 saturated carbocycles. The first-order chi connectivity index (χ1) is 11.4. The third kappa shape index (κ3) is 3.41. The molecule has 3 rings (SSSR count). The molecule has 0 saturated heterocycles. The van der Waals surface area contributed by atoms with Gasteiger partial charge in [-0.2, -0.15) is 5.10 Å². The Balaban J connectivity index is 1.79. The van der Waals surface area contributed by atoms with Crippen molar-refractivity contribution in [3.63, 3.8) is 0 Å². The van der Waals surface area contributed by atoms with Crippen molar-refractivity contribution in [2.24, 2.45) is 0 Å². The molecule has 0 aliphatic rings. The van der Waals surface area contributed by atoms with Crippen molar-refractivity contribution in [2.45, 2.75) is 39.4 Å². The van der Waals surface area contributed by atoms with E-state index in [4.69, 9.17) is 4.42 Å². The van der Waals surface area contributed by atoms with Crippen molar-refractivity contribution < 1.29 is 4.42 Å². The average molecular weight is 328 g/mol. The number of likely N-dealkylation sites (N-methyl/N-ethyl adjacent to an activating group) is 1. The van der Waals surface area contributed by atoms with E-state index in [9.17, 15) is 0 Å². The molecule has 0 aliphatic heterocycles. The number of aryl methyl sites for hydroxylation is 1. The van der Waals surface area contributed by atoms with Gasteiger partial charge in [0.05, 0.1) is 25.0 Å². The van der Waals surface area contributed by atoms with Gasteiger partial charge in [0.2, 0.25) is 0 Å². The summed E-state index contributed by atoms with van der Waals surface area (Å²) in [4.78, 5) is 2.12. The maximum absolute atomic E-state index is 5.78. The van der Waals surface area contributed by atoms with Gasteiger partial charge in [0.1, 0.15) is 17.2 Å². The molecule has 0 radical (unpaired) electrons. The predicted molar refractivity (Wildman–Crippen MR) is 91.5 cm³/mol. The number of aromatic nitrogens is 5. The number of hydrogen-bond donors (Lipinski definition) is 0. The standard InChI is InChI=1S/C17H24N6O/c1-12(2)23-9-14(8-18-23)15-10-22(20-19-15)11-16(21(4)5)17-7-6-13(3)24-17/h6-10,12,16H,11H2,1-5H3/t16-/m1/s1. The Kier molecular flexibility index (Phi) is 4.53. The highest BCUT2D eigenvalue weighted by molar-refractivity contribution is 5.55. The van der Waals surface area contributed by atoms with Gasteiger partial charge in [-0.05, 0) is 47.0 Å². The van der Waals surface area contributed by atoms with Gasteiger partial charge >= 0.3 is 0 Å². The minimum absolute atomic E-state index is 0.103. The summed E-state index contributed by atoms with van der Waals surface area (Å²) in [6.45, 7) is 6.82. The quantitative estimate of drug-likeness (QED) is 0.696. The van der Waals surface area contributed by atoms with Crippen LogP contribution in [-0.4, -0.2) is 43.8 Å². The molecule has 0 amide bonds. The lowest BCUT2D eigenvalue weighted by Gasteiger charge is -2.21. The summed E-state index contributed by atoms with van der Waals surface area (Å²) in [5.41, 5.74) is 1.81. The number of nitrogens with zero attached hydrogens (tertiary/aromatic N) is 6. The minimum atomic E-state index is 0.103. The smallest absolute Gasteiger partial charge is 0.123 e. The molecule has 0 unspecified atom stereocenters. The zero-order valence-electron chi connectivity index (χ0n) is 14.8. The van der Waals surface area contributed by atoms with Crippen molar-refractivity contribution >= 4 is 0 Å². The van der Waals surface area contributed by atoms with Crippen LogP contribution in [0.5, 0.6) is 0 Å². The van der Waals surface area contributed by atoms with Crippen molar-refractivity contribution in [2.75, 3.05) is 14.1 Å². The summed E-state index contributed by atoms with van der Waals surface area (Å²) in [6.07, 6.45) is 5.78. The van der Waals surface area contributed by atoms with Crippen molar-refractivity contribution in [3.8, 4) is 11.3 Å². The van der Waals surface area contributed by atoms with Crippen LogP contribution in [0.15, 0.2) is 35.1 Å². The van der Waals surface area contributed by atoms with Gasteiger partial charge in [-0.3, -0.25) is 9.58 Å². The molecule has 0 fully saturated rings. The van der Waals surface area contributed by atoms with Crippen molar-refractivity contribution in [3.05, 3.63) is 42.2 Å². The number of furan rings is 1. The molecule has 0 aliphatic carbocycles. The van der Waals surface area contributed by atoms with Gasteiger partial charge in [-0.25, -0.2) is 4.68 Å². The highest BCUT2D eigenvalue weighted by Gasteiger charge is 2.19. The molecule has 1 atom stereocenters. The van der Waals surface area contributed by atoms with Crippen LogP contribution in [0, 0.1) is 6.92 Å². The number of hydrogen-bond acceptors (Lipinski definition) is 5. The van der Waals surface area contributed by atoms with Gasteiger partial charge in [-0.15, -0.1) is 5.10 Å². The second-order valence-corrected chi connectivity index (χ2v) is 6.56. The van der Waals surface area contributed by atoms with Gasteiger partial charge in [0.25, 0.3) is 0 Å². The molecule has 3 heterocycles. The van der Waals surface area contributed by atoms with E-state index in [0.717, 1.165) is 22.8 Å². The van der Waals surface area contributed by atoms with E-state index in [0.29, 0.717) is 12.6 Å². The fraction of sp³-hybridized carbons (Fsp3) is 0.471. The van der Waals surface area contributed by atoms with Gasteiger partial charge in [-0.1, -0.05) is 5.21 Å². The predicted octanol–water partition coefficient (Wildman–Crippen LogP) is 2.93. The molecule has 24 heavy (non-hydrogen) atoms. The number of rotatable bonds is 6. The maximum atomic E-state index is 5.78. The molecular formula is C17H24N6O. The molecule has 0 bridgehead atoms. The maximum Gasteiger partial charge on any atom is 0.123 e. The van der Waals surface area contributed by atoms with E-state index in [1.54, 1.807) is 0 Å². The largest absolute Gasteiger partial charge is 0.465 e. The monoisotopic (exact) mass is 328 g/mol. The van der Waals surface area contributed by atoms with E-state index in [1.807, 2.05) is 61.1 Å². The fourth-order valence-electron chi connectivity index (χ4n) is 2.59. The van der Waals surface area contributed by atoms with Crippen LogP contribution < -0.4 is 0 Å². The minimum Gasteiger partial charge on any atom is -0.465 e. The lowest BCUT2D eigenvalue weighted by molar-refractivity contribution is 0.223. The SMILES string of the molecule is Cc1ccc([C@@H](Cn2cc(-c3cnn(C(C)C)c3)nn2)N(C)C)o1. The molecule has 0 spiro atoms. The van der Waals surface area contributed by atoms with Crippen LogP contribution in [0.25, 0.3) is 11.3 Å².